The summed E-state index contributed by atoms with van der Waals surface area (Å²) in [4.78, 5) is 28.2. The molecular weight excluding hydrogens is 316 g/mol. The molecule has 1 aromatic carbocycles. The number of carbonyl (C=O) groups is 2. The van der Waals surface area contributed by atoms with E-state index in [-0.39, 0.29) is 11.7 Å². The fourth-order valence-electron chi connectivity index (χ4n) is 3.14. The van der Waals surface area contributed by atoms with E-state index >= 15 is 0 Å². The van der Waals surface area contributed by atoms with Gasteiger partial charge < -0.3 is 14.5 Å². The molecule has 1 aliphatic heterocycles. The fourth-order valence-corrected chi connectivity index (χ4v) is 3.14. The molecule has 0 N–H and O–H groups in total. The fraction of sp³-hybridized carbons (Fsp3) is 0.600. The number of amides is 1. The molecular formula is C20H30N2O3. The van der Waals surface area contributed by atoms with Crippen LogP contribution in [0.15, 0.2) is 24.3 Å². The Balaban J connectivity index is 1.70. The van der Waals surface area contributed by atoms with Gasteiger partial charge in [0.05, 0.1) is 6.61 Å². The van der Waals surface area contributed by atoms with E-state index in [9.17, 15) is 9.59 Å². The van der Waals surface area contributed by atoms with Crippen molar-refractivity contribution in [2.45, 2.75) is 39.5 Å². The summed E-state index contributed by atoms with van der Waals surface area (Å²) >= 11 is 0. The van der Waals surface area contributed by atoms with E-state index in [1.165, 1.54) is 0 Å². The van der Waals surface area contributed by atoms with Crippen LogP contribution in [0.5, 0.6) is 5.75 Å². The second kappa shape index (κ2) is 10.2. The average Bonchev–Trinajstić information content (AvgIpc) is 2.85. The van der Waals surface area contributed by atoms with Crippen molar-refractivity contribution in [1.29, 1.82) is 0 Å². The summed E-state index contributed by atoms with van der Waals surface area (Å²) in [5, 5.41) is 0. The van der Waals surface area contributed by atoms with Crippen LogP contribution < -0.4 is 4.74 Å². The van der Waals surface area contributed by atoms with Crippen LogP contribution in [-0.4, -0.2) is 60.8 Å². The summed E-state index contributed by atoms with van der Waals surface area (Å²) in [5.41, 5.74) is 0.648. The Morgan fingerprint density at radius 1 is 1.16 bits per heavy atom. The van der Waals surface area contributed by atoms with Crippen molar-refractivity contribution in [3.8, 4) is 5.75 Å². The highest BCUT2D eigenvalue weighted by molar-refractivity contribution is 5.94. The molecule has 1 heterocycles. The van der Waals surface area contributed by atoms with Crippen molar-refractivity contribution in [3.63, 3.8) is 0 Å². The molecule has 0 atom stereocenters. The first kappa shape index (κ1) is 19.4. The van der Waals surface area contributed by atoms with E-state index in [1.807, 2.05) is 17.0 Å². The quantitative estimate of drug-likeness (QED) is 0.536. The van der Waals surface area contributed by atoms with Gasteiger partial charge in [-0.15, -0.1) is 0 Å². The number of benzene rings is 1. The van der Waals surface area contributed by atoms with Gasteiger partial charge in [-0.1, -0.05) is 19.1 Å². The van der Waals surface area contributed by atoms with Gasteiger partial charge in [-0.2, -0.15) is 0 Å². The maximum absolute atomic E-state index is 12.4. The first-order chi connectivity index (χ1) is 12.1. The Kier molecular flexibility index (Phi) is 7.92. The number of hydrogen-bond acceptors (Lipinski definition) is 4. The normalized spacial score (nSPS) is 15.7. The zero-order valence-electron chi connectivity index (χ0n) is 15.5. The molecule has 0 unspecified atom stereocenters. The summed E-state index contributed by atoms with van der Waals surface area (Å²) in [5.74, 6) is 0.934. The van der Waals surface area contributed by atoms with Gasteiger partial charge in [0, 0.05) is 31.6 Å². The van der Waals surface area contributed by atoms with Gasteiger partial charge in [-0.25, -0.2) is 0 Å². The van der Waals surface area contributed by atoms with E-state index in [0.29, 0.717) is 30.8 Å². The van der Waals surface area contributed by atoms with Gasteiger partial charge in [0.2, 0.25) is 5.91 Å². The molecule has 1 aliphatic rings. The van der Waals surface area contributed by atoms with E-state index in [1.54, 1.807) is 19.1 Å². The minimum atomic E-state index is 0.0268. The lowest BCUT2D eigenvalue weighted by Crippen LogP contribution is -2.35. The molecule has 5 nitrogen and oxygen atoms in total. The zero-order valence-corrected chi connectivity index (χ0v) is 15.5. The monoisotopic (exact) mass is 346 g/mol. The Labute approximate surface area is 150 Å². The predicted molar refractivity (Wildman–Crippen MR) is 99.1 cm³/mol. The molecule has 0 spiro atoms. The molecule has 1 amide bonds. The van der Waals surface area contributed by atoms with Crippen LogP contribution >= 0.6 is 0 Å². The summed E-state index contributed by atoms with van der Waals surface area (Å²) in [6.45, 7) is 9.11. The molecule has 0 radical (unpaired) electrons. The number of nitrogens with zero attached hydrogens (tertiary/aromatic N) is 2. The molecule has 0 aliphatic carbocycles. The minimum absolute atomic E-state index is 0.0268. The van der Waals surface area contributed by atoms with Crippen LogP contribution in [0.3, 0.4) is 0 Å². The third kappa shape index (κ3) is 6.50. The molecule has 0 aromatic heterocycles. The second-order valence-electron chi connectivity index (χ2n) is 6.61. The molecule has 1 fully saturated rings. The van der Waals surface area contributed by atoms with Gasteiger partial charge in [-0.3, -0.25) is 9.59 Å². The van der Waals surface area contributed by atoms with Crippen LogP contribution in [-0.2, 0) is 4.79 Å². The SMILES string of the molecule is CCCN1CCCN(C(=O)CCCOc2cccc(C(C)=O)c2)CC1. The molecule has 0 saturated carbocycles. The van der Waals surface area contributed by atoms with Crippen LogP contribution in [0.1, 0.15) is 49.9 Å². The van der Waals surface area contributed by atoms with Crippen molar-refractivity contribution in [2.75, 3.05) is 39.3 Å². The summed E-state index contributed by atoms with van der Waals surface area (Å²) in [6.07, 6.45) is 3.43. The predicted octanol–water partition coefficient (Wildman–Crippen LogP) is 2.99. The van der Waals surface area contributed by atoms with Crippen molar-refractivity contribution >= 4 is 11.7 Å². The highest BCUT2D eigenvalue weighted by atomic mass is 16.5. The highest BCUT2D eigenvalue weighted by Crippen LogP contribution is 2.14. The lowest BCUT2D eigenvalue weighted by Gasteiger charge is -2.21. The summed E-state index contributed by atoms with van der Waals surface area (Å²) in [6, 6.07) is 7.18. The lowest BCUT2D eigenvalue weighted by molar-refractivity contribution is -0.131. The topological polar surface area (TPSA) is 49.9 Å². The zero-order chi connectivity index (χ0) is 18.1. The van der Waals surface area contributed by atoms with Gasteiger partial charge in [0.25, 0.3) is 0 Å². The maximum Gasteiger partial charge on any atom is 0.222 e. The van der Waals surface area contributed by atoms with Crippen molar-refractivity contribution in [2.24, 2.45) is 0 Å². The van der Waals surface area contributed by atoms with E-state index in [2.05, 4.69) is 11.8 Å². The van der Waals surface area contributed by atoms with Crippen LogP contribution in [0, 0.1) is 0 Å². The van der Waals surface area contributed by atoms with Gasteiger partial charge in [0.1, 0.15) is 5.75 Å². The molecule has 25 heavy (non-hydrogen) atoms. The standard InChI is InChI=1S/C20H30N2O3/c1-3-10-21-11-6-12-22(14-13-21)20(24)9-5-15-25-19-8-4-7-18(16-19)17(2)23/h4,7-8,16H,3,5-6,9-15H2,1-2H3. The summed E-state index contributed by atoms with van der Waals surface area (Å²) < 4.78 is 5.68. The third-order valence-corrected chi connectivity index (χ3v) is 4.53. The van der Waals surface area contributed by atoms with Crippen molar-refractivity contribution in [1.82, 2.24) is 9.80 Å². The van der Waals surface area contributed by atoms with Crippen molar-refractivity contribution < 1.29 is 14.3 Å². The average molecular weight is 346 g/mol. The number of hydrogen-bond donors (Lipinski definition) is 0. The van der Waals surface area contributed by atoms with E-state index < -0.39 is 0 Å². The van der Waals surface area contributed by atoms with E-state index in [0.717, 1.165) is 45.6 Å². The van der Waals surface area contributed by atoms with E-state index in [4.69, 9.17) is 4.74 Å². The molecule has 1 saturated heterocycles. The van der Waals surface area contributed by atoms with Crippen LogP contribution in [0.4, 0.5) is 0 Å². The first-order valence-corrected chi connectivity index (χ1v) is 9.34. The number of rotatable bonds is 8. The lowest BCUT2D eigenvalue weighted by atomic mass is 10.1. The summed E-state index contributed by atoms with van der Waals surface area (Å²) in [7, 11) is 0. The Bertz CT molecular complexity index is 574. The molecule has 0 bridgehead atoms. The number of ketones is 1. The first-order valence-electron chi connectivity index (χ1n) is 9.34. The molecule has 2 rings (SSSR count). The van der Waals surface area contributed by atoms with Crippen molar-refractivity contribution in [3.05, 3.63) is 29.8 Å². The second-order valence-corrected chi connectivity index (χ2v) is 6.61. The van der Waals surface area contributed by atoms with Crippen LogP contribution in [0.25, 0.3) is 0 Å². The van der Waals surface area contributed by atoms with Gasteiger partial charge >= 0.3 is 0 Å². The highest BCUT2D eigenvalue weighted by Gasteiger charge is 2.18. The van der Waals surface area contributed by atoms with Gasteiger partial charge in [-0.05, 0) is 51.4 Å². The van der Waals surface area contributed by atoms with Crippen LogP contribution in [0.2, 0.25) is 0 Å². The molecule has 138 valence electrons. The number of carbonyl (C=O) groups excluding carboxylic acids is 2. The third-order valence-electron chi connectivity index (χ3n) is 4.53. The number of Topliss-reactive ketones (excluding diaryl/α,β-unsaturated/α-hetero) is 1. The maximum atomic E-state index is 12.4. The number of ether oxygens (including phenoxy) is 1. The molecule has 1 aromatic rings. The Hall–Kier alpha value is -1.88. The molecule has 5 heteroatoms. The minimum Gasteiger partial charge on any atom is -0.494 e. The van der Waals surface area contributed by atoms with Gasteiger partial charge in [0.15, 0.2) is 5.78 Å². The smallest absolute Gasteiger partial charge is 0.222 e. The Morgan fingerprint density at radius 2 is 2.00 bits per heavy atom. The largest absolute Gasteiger partial charge is 0.494 e. The Morgan fingerprint density at radius 3 is 2.76 bits per heavy atom.